The summed E-state index contributed by atoms with van der Waals surface area (Å²) in [5, 5.41) is 14.3. The maximum Gasteiger partial charge on any atom is 0.287 e. The summed E-state index contributed by atoms with van der Waals surface area (Å²) in [4.78, 5) is 22.6. The first-order chi connectivity index (χ1) is 11.4. The van der Waals surface area contributed by atoms with Crippen LogP contribution in [0.4, 0.5) is 11.5 Å². The van der Waals surface area contributed by atoms with Crippen LogP contribution in [-0.2, 0) is 6.42 Å². The number of rotatable bonds is 7. The van der Waals surface area contributed by atoms with Crippen LogP contribution >= 0.6 is 11.6 Å². The Morgan fingerprint density at radius 2 is 2.17 bits per heavy atom. The number of nitro groups is 1. The van der Waals surface area contributed by atoms with Gasteiger partial charge in [0.1, 0.15) is 29.5 Å². The molecule has 0 aromatic carbocycles. The van der Waals surface area contributed by atoms with E-state index in [9.17, 15) is 10.1 Å². The number of nitrogens with one attached hydrogen (secondary N) is 1. The Morgan fingerprint density at radius 3 is 2.75 bits per heavy atom. The number of anilines is 1. The second-order valence-corrected chi connectivity index (χ2v) is 5.58. The molecule has 2 aromatic heterocycles. The zero-order valence-corrected chi connectivity index (χ0v) is 14.4. The molecule has 1 atom stereocenters. The van der Waals surface area contributed by atoms with Gasteiger partial charge in [-0.3, -0.25) is 10.1 Å². The van der Waals surface area contributed by atoms with Gasteiger partial charge in [-0.2, -0.15) is 0 Å². The molecule has 2 aromatic rings. The van der Waals surface area contributed by atoms with Crippen LogP contribution < -0.4 is 10.1 Å². The number of hydrogen-bond donors (Lipinski definition) is 1. The van der Waals surface area contributed by atoms with Crippen molar-refractivity contribution in [2.24, 2.45) is 0 Å². The van der Waals surface area contributed by atoms with Crippen molar-refractivity contribution in [3.05, 3.63) is 45.0 Å². The van der Waals surface area contributed by atoms with E-state index in [0.29, 0.717) is 35.6 Å². The molecule has 0 amide bonds. The topological polar surface area (TPSA) is 103 Å². The minimum Gasteiger partial charge on any atom is -0.475 e. The molecule has 2 heterocycles. The van der Waals surface area contributed by atoms with Gasteiger partial charge >= 0.3 is 0 Å². The monoisotopic (exact) mass is 351 g/mol. The lowest BCUT2D eigenvalue weighted by Crippen LogP contribution is -2.25. The van der Waals surface area contributed by atoms with Gasteiger partial charge in [0.25, 0.3) is 5.69 Å². The van der Waals surface area contributed by atoms with Crippen LogP contribution in [0.2, 0.25) is 5.02 Å². The Bertz CT molecular complexity index is 724. The summed E-state index contributed by atoms with van der Waals surface area (Å²) in [5.74, 6) is 1.52. The highest BCUT2D eigenvalue weighted by Gasteiger charge is 2.13. The van der Waals surface area contributed by atoms with E-state index in [-0.39, 0.29) is 11.7 Å². The van der Waals surface area contributed by atoms with Crippen molar-refractivity contribution in [3.63, 3.8) is 0 Å². The van der Waals surface area contributed by atoms with Crippen LogP contribution in [0.25, 0.3) is 0 Å². The van der Waals surface area contributed by atoms with Crippen LogP contribution in [-0.4, -0.2) is 32.5 Å². The third kappa shape index (κ3) is 4.51. The molecule has 0 unspecified atom stereocenters. The van der Waals surface area contributed by atoms with Crippen LogP contribution in [0.3, 0.4) is 0 Å². The third-order valence-electron chi connectivity index (χ3n) is 3.16. The Balaban J connectivity index is 1.97. The number of aromatic nitrogens is 3. The van der Waals surface area contributed by atoms with Crippen molar-refractivity contribution in [2.45, 2.75) is 33.2 Å². The fourth-order valence-corrected chi connectivity index (χ4v) is 2.27. The minimum absolute atomic E-state index is 0.0798. The number of hydrogen-bond acceptors (Lipinski definition) is 7. The van der Waals surface area contributed by atoms with Crippen molar-refractivity contribution in [1.82, 2.24) is 15.0 Å². The summed E-state index contributed by atoms with van der Waals surface area (Å²) in [6, 6.07) is 2.71. The Hall–Kier alpha value is -2.48. The van der Waals surface area contributed by atoms with E-state index >= 15 is 0 Å². The summed E-state index contributed by atoms with van der Waals surface area (Å²) in [6.45, 7) is 5.99. The summed E-state index contributed by atoms with van der Waals surface area (Å²) < 4.78 is 5.52. The van der Waals surface area contributed by atoms with Crippen LogP contribution in [0.15, 0.2) is 18.3 Å². The third-order valence-corrected chi connectivity index (χ3v) is 3.56. The molecular weight excluding hydrogens is 334 g/mol. The molecule has 2 rings (SSSR count). The Kier molecular flexibility index (Phi) is 5.86. The highest BCUT2D eigenvalue weighted by atomic mass is 35.5. The van der Waals surface area contributed by atoms with E-state index in [1.54, 1.807) is 0 Å². The molecular formula is C15H18ClN5O3. The van der Waals surface area contributed by atoms with Crippen LogP contribution in [0.1, 0.15) is 25.4 Å². The summed E-state index contributed by atoms with van der Waals surface area (Å²) in [7, 11) is 0. The lowest BCUT2D eigenvalue weighted by molar-refractivity contribution is -0.385. The second-order valence-electron chi connectivity index (χ2n) is 5.20. The van der Waals surface area contributed by atoms with E-state index in [2.05, 4.69) is 20.3 Å². The van der Waals surface area contributed by atoms with Gasteiger partial charge in [0, 0.05) is 12.1 Å². The minimum atomic E-state index is -0.508. The molecule has 8 nitrogen and oxygen atoms in total. The lowest BCUT2D eigenvalue weighted by Gasteiger charge is -2.17. The zero-order chi connectivity index (χ0) is 17.7. The number of ether oxygens (including phenoxy) is 1. The largest absolute Gasteiger partial charge is 0.475 e. The second kappa shape index (κ2) is 7.87. The van der Waals surface area contributed by atoms with Gasteiger partial charge in [-0.15, -0.1) is 0 Å². The van der Waals surface area contributed by atoms with E-state index in [0.717, 1.165) is 11.9 Å². The molecule has 0 bridgehead atoms. The van der Waals surface area contributed by atoms with Crippen LogP contribution in [0.5, 0.6) is 5.88 Å². The molecule has 0 fully saturated rings. The summed E-state index contributed by atoms with van der Waals surface area (Å²) >= 11 is 6.28. The maximum atomic E-state index is 10.6. The number of halogens is 1. The van der Waals surface area contributed by atoms with Gasteiger partial charge in [0.2, 0.25) is 5.88 Å². The molecule has 24 heavy (non-hydrogen) atoms. The highest BCUT2D eigenvalue weighted by molar-refractivity contribution is 6.33. The number of aryl methyl sites for hydroxylation is 2. The standard InChI is InChI=1S/C15H18ClN5O3/c1-4-12-14(16)15(20-10(3)19-12)18-9(2)8-24-13-6-5-11(7-17-13)21(22)23/h5-7,9H,4,8H2,1-3H3,(H,18,19,20)/t9-/m0/s1. The fraction of sp³-hybridized carbons (Fsp3) is 0.400. The average Bonchev–Trinajstić information content (AvgIpc) is 2.56. The normalized spacial score (nSPS) is 11.8. The van der Waals surface area contributed by atoms with Gasteiger partial charge in [-0.05, 0) is 20.3 Å². The van der Waals surface area contributed by atoms with Crippen LogP contribution in [0, 0.1) is 17.0 Å². The smallest absolute Gasteiger partial charge is 0.287 e. The Morgan fingerprint density at radius 1 is 1.42 bits per heavy atom. The fourth-order valence-electron chi connectivity index (χ4n) is 2.00. The van der Waals surface area contributed by atoms with Gasteiger partial charge < -0.3 is 10.1 Å². The predicted octanol–water partition coefficient (Wildman–Crippen LogP) is 3.18. The molecule has 1 N–H and O–H groups in total. The molecule has 0 aliphatic carbocycles. The van der Waals surface area contributed by atoms with Gasteiger partial charge in [0.15, 0.2) is 0 Å². The maximum absolute atomic E-state index is 10.6. The molecule has 128 valence electrons. The molecule has 0 spiro atoms. The lowest BCUT2D eigenvalue weighted by atomic mass is 10.3. The predicted molar refractivity (Wildman–Crippen MR) is 90.6 cm³/mol. The number of pyridine rings is 1. The number of nitrogens with zero attached hydrogens (tertiary/aromatic N) is 4. The first-order valence-electron chi connectivity index (χ1n) is 7.43. The molecule has 9 heteroatoms. The molecule has 0 radical (unpaired) electrons. The highest BCUT2D eigenvalue weighted by Crippen LogP contribution is 2.24. The van der Waals surface area contributed by atoms with E-state index in [1.165, 1.54) is 12.1 Å². The van der Waals surface area contributed by atoms with Crippen molar-refractivity contribution in [1.29, 1.82) is 0 Å². The van der Waals surface area contributed by atoms with Crippen molar-refractivity contribution in [2.75, 3.05) is 11.9 Å². The van der Waals surface area contributed by atoms with E-state index in [1.807, 2.05) is 20.8 Å². The van der Waals surface area contributed by atoms with Crippen molar-refractivity contribution < 1.29 is 9.66 Å². The van der Waals surface area contributed by atoms with Gasteiger partial charge in [-0.1, -0.05) is 18.5 Å². The molecule has 0 aliphatic rings. The quantitative estimate of drug-likeness (QED) is 0.603. The van der Waals surface area contributed by atoms with Gasteiger partial charge in [-0.25, -0.2) is 15.0 Å². The first-order valence-corrected chi connectivity index (χ1v) is 7.81. The van der Waals surface area contributed by atoms with Crippen molar-refractivity contribution in [3.8, 4) is 5.88 Å². The molecule has 0 saturated carbocycles. The van der Waals surface area contributed by atoms with E-state index in [4.69, 9.17) is 16.3 Å². The Labute approximate surface area is 144 Å². The summed E-state index contributed by atoms with van der Waals surface area (Å²) in [6.07, 6.45) is 1.88. The molecule has 0 saturated heterocycles. The SMILES string of the molecule is CCc1nc(C)nc(N[C@@H](C)COc2ccc([N+](=O)[O-])cn2)c1Cl. The van der Waals surface area contributed by atoms with Crippen molar-refractivity contribution >= 4 is 23.1 Å². The zero-order valence-electron chi connectivity index (χ0n) is 13.6. The van der Waals surface area contributed by atoms with Gasteiger partial charge in [0.05, 0.1) is 16.7 Å². The first kappa shape index (κ1) is 17.9. The van der Waals surface area contributed by atoms with E-state index < -0.39 is 4.92 Å². The molecule has 0 aliphatic heterocycles. The summed E-state index contributed by atoms with van der Waals surface area (Å²) in [5.41, 5.74) is 0.709. The average molecular weight is 352 g/mol.